The molecule has 2 N–H and O–H groups in total. The van der Waals surface area contributed by atoms with Crippen molar-refractivity contribution >= 4 is 34.0 Å². The van der Waals surface area contributed by atoms with E-state index in [1.807, 2.05) is 36.6 Å². The summed E-state index contributed by atoms with van der Waals surface area (Å²) >= 11 is 1.34. The standard InChI is InChI=1S/C23H19N3O4S/c1-2-29-19-7-4-3-6-17(19)18-14-31-23(25-18)26-21(27)15-9-11-16(12-10-15)24-22(28)20-8-5-13-30-20/h3-14H,2H2,1H3,(H,24,28)(H,25,26,27). The molecule has 7 nitrogen and oxygen atoms in total. The van der Waals surface area contributed by atoms with E-state index in [1.54, 1.807) is 36.4 Å². The Morgan fingerprint density at radius 1 is 1.00 bits per heavy atom. The molecule has 4 rings (SSSR count). The molecule has 0 saturated carbocycles. The molecule has 2 heterocycles. The van der Waals surface area contributed by atoms with Gasteiger partial charge in [0.1, 0.15) is 5.75 Å². The minimum atomic E-state index is -0.357. The molecule has 156 valence electrons. The van der Waals surface area contributed by atoms with Crippen LogP contribution >= 0.6 is 11.3 Å². The van der Waals surface area contributed by atoms with Crippen LogP contribution in [0.2, 0.25) is 0 Å². The quantitative estimate of drug-likeness (QED) is 0.412. The Morgan fingerprint density at radius 2 is 1.81 bits per heavy atom. The summed E-state index contributed by atoms with van der Waals surface area (Å²) < 4.78 is 10.7. The zero-order valence-corrected chi connectivity index (χ0v) is 17.4. The summed E-state index contributed by atoms with van der Waals surface area (Å²) in [6.45, 7) is 2.49. The lowest BCUT2D eigenvalue weighted by Gasteiger charge is -2.07. The lowest BCUT2D eigenvalue weighted by atomic mass is 10.1. The summed E-state index contributed by atoms with van der Waals surface area (Å²) in [5, 5.41) is 7.88. The number of benzene rings is 2. The Hall–Kier alpha value is -3.91. The Labute approximate surface area is 182 Å². The molecule has 0 atom stereocenters. The number of rotatable bonds is 7. The molecule has 0 unspecified atom stereocenters. The van der Waals surface area contributed by atoms with Gasteiger partial charge in [-0.2, -0.15) is 0 Å². The third kappa shape index (κ3) is 4.81. The maximum atomic E-state index is 12.6. The monoisotopic (exact) mass is 433 g/mol. The van der Waals surface area contributed by atoms with Crippen molar-refractivity contribution in [2.75, 3.05) is 17.2 Å². The van der Waals surface area contributed by atoms with E-state index in [2.05, 4.69) is 15.6 Å². The van der Waals surface area contributed by atoms with Crippen LogP contribution in [0.1, 0.15) is 27.8 Å². The van der Waals surface area contributed by atoms with Crippen molar-refractivity contribution in [3.05, 3.63) is 83.6 Å². The molecule has 31 heavy (non-hydrogen) atoms. The number of hydrogen-bond acceptors (Lipinski definition) is 6. The predicted octanol–water partition coefficient (Wildman–Crippen LogP) is 5.31. The number of para-hydroxylation sites is 1. The van der Waals surface area contributed by atoms with E-state index >= 15 is 0 Å². The molecule has 4 aromatic rings. The van der Waals surface area contributed by atoms with Gasteiger partial charge in [0.05, 0.1) is 18.6 Å². The zero-order valence-electron chi connectivity index (χ0n) is 16.6. The molecule has 0 aliphatic rings. The number of ether oxygens (including phenoxy) is 1. The predicted molar refractivity (Wildman–Crippen MR) is 120 cm³/mol. The number of carbonyl (C=O) groups is 2. The van der Waals surface area contributed by atoms with Crippen molar-refractivity contribution in [1.29, 1.82) is 0 Å². The molecule has 2 aromatic carbocycles. The van der Waals surface area contributed by atoms with Crippen LogP contribution in [0.15, 0.2) is 76.7 Å². The van der Waals surface area contributed by atoms with E-state index in [4.69, 9.17) is 9.15 Å². The number of thiazole rings is 1. The first kappa shape index (κ1) is 20.4. The molecular weight excluding hydrogens is 414 g/mol. The Kier molecular flexibility index (Phi) is 6.09. The van der Waals surface area contributed by atoms with Gasteiger partial charge in [-0.3, -0.25) is 14.9 Å². The minimum Gasteiger partial charge on any atom is -0.493 e. The van der Waals surface area contributed by atoms with Crippen molar-refractivity contribution in [1.82, 2.24) is 4.98 Å². The van der Waals surface area contributed by atoms with Crippen LogP contribution in [0.5, 0.6) is 5.75 Å². The summed E-state index contributed by atoms with van der Waals surface area (Å²) in [4.78, 5) is 29.1. The van der Waals surface area contributed by atoms with Gasteiger partial charge in [-0.15, -0.1) is 11.3 Å². The van der Waals surface area contributed by atoms with Crippen LogP contribution in [0, 0.1) is 0 Å². The third-order valence-electron chi connectivity index (χ3n) is 4.34. The van der Waals surface area contributed by atoms with Crippen LogP contribution in [0.25, 0.3) is 11.3 Å². The third-order valence-corrected chi connectivity index (χ3v) is 5.10. The number of aromatic nitrogens is 1. The molecule has 0 spiro atoms. The SMILES string of the molecule is CCOc1ccccc1-c1csc(NC(=O)c2ccc(NC(=O)c3ccco3)cc2)n1. The second kappa shape index (κ2) is 9.27. The molecule has 0 bridgehead atoms. The van der Waals surface area contributed by atoms with Crippen LogP contribution in [0.3, 0.4) is 0 Å². The molecule has 0 saturated heterocycles. The number of anilines is 2. The maximum Gasteiger partial charge on any atom is 0.291 e. The van der Waals surface area contributed by atoms with Gasteiger partial charge >= 0.3 is 0 Å². The first-order chi connectivity index (χ1) is 15.1. The normalized spacial score (nSPS) is 10.5. The smallest absolute Gasteiger partial charge is 0.291 e. The molecule has 0 radical (unpaired) electrons. The molecule has 2 amide bonds. The van der Waals surface area contributed by atoms with E-state index in [9.17, 15) is 9.59 Å². The van der Waals surface area contributed by atoms with Gasteiger partial charge < -0.3 is 14.5 Å². The Morgan fingerprint density at radius 3 is 2.55 bits per heavy atom. The van der Waals surface area contributed by atoms with Gasteiger partial charge in [-0.1, -0.05) is 12.1 Å². The fourth-order valence-electron chi connectivity index (χ4n) is 2.89. The summed E-state index contributed by atoms with van der Waals surface area (Å²) in [5.74, 6) is 0.320. The number of hydrogen-bond donors (Lipinski definition) is 2. The second-order valence-electron chi connectivity index (χ2n) is 6.43. The van der Waals surface area contributed by atoms with Crippen molar-refractivity contribution in [2.45, 2.75) is 6.92 Å². The van der Waals surface area contributed by atoms with Gasteiger partial charge in [-0.25, -0.2) is 4.98 Å². The highest BCUT2D eigenvalue weighted by molar-refractivity contribution is 7.14. The fourth-order valence-corrected chi connectivity index (χ4v) is 3.59. The van der Waals surface area contributed by atoms with Crippen molar-refractivity contribution < 1.29 is 18.7 Å². The summed E-state index contributed by atoms with van der Waals surface area (Å²) in [6, 6.07) is 17.4. The van der Waals surface area contributed by atoms with E-state index in [0.29, 0.717) is 23.0 Å². The van der Waals surface area contributed by atoms with Gasteiger partial charge in [0.2, 0.25) is 0 Å². The Bertz CT molecular complexity index is 1180. The van der Waals surface area contributed by atoms with Crippen LogP contribution in [-0.2, 0) is 0 Å². The van der Waals surface area contributed by atoms with Gasteiger partial charge in [0.25, 0.3) is 11.8 Å². The van der Waals surface area contributed by atoms with E-state index in [0.717, 1.165) is 17.0 Å². The first-order valence-corrected chi connectivity index (χ1v) is 10.5. The highest BCUT2D eigenvalue weighted by Crippen LogP contribution is 2.32. The number of nitrogens with zero attached hydrogens (tertiary/aromatic N) is 1. The lowest BCUT2D eigenvalue weighted by Crippen LogP contribution is -2.13. The summed E-state index contributed by atoms with van der Waals surface area (Å²) in [7, 11) is 0. The zero-order chi connectivity index (χ0) is 21.6. The van der Waals surface area contributed by atoms with Crippen molar-refractivity contribution in [3.63, 3.8) is 0 Å². The molecule has 0 aliphatic carbocycles. The van der Waals surface area contributed by atoms with Gasteiger partial charge in [0, 0.05) is 22.2 Å². The van der Waals surface area contributed by atoms with Gasteiger partial charge in [0.15, 0.2) is 10.9 Å². The fraction of sp³-hybridized carbons (Fsp3) is 0.0870. The van der Waals surface area contributed by atoms with E-state index in [-0.39, 0.29) is 17.6 Å². The maximum absolute atomic E-state index is 12.6. The number of amides is 2. The molecule has 0 aliphatic heterocycles. The second-order valence-corrected chi connectivity index (χ2v) is 7.29. The van der Waals surface area contributed by atoms with Crippen LogP contribution in [-0.4, -0.2) is 23.4 Å². The lowest BCUT2D eigenvalue weighted by molar-refractivity contribution is 0.0995. The highest BCUT2D eigenvalue weighted by Gasteiger charge is 2.13. The van der Waals surface area contributed by atoms with Crippen LogP contribution < -0.4 is 15.4 Å². The Balaban J connectivity index is 1.42. The molecule has 8 heteroatoms. The topological polar surface area (TPSA) is 93.5 Å². The molecular formula is C23H19N3O4S. The van der Waals surface area contributed by atoms with Crippen molar-refractivity contribution in [3.8, 4) is 17.0 Å². The van der Waals surface area contributed by atoms with E-state index < -0.39 is 0 Å². The number of carbonyl (C=O) groups excluding carboxylic acids is 2. The van der Waals surface area contributed by atoms with Crippen LogP contribution in [0.4, 0.5) is 10.8 Å². The largest absolute Gasteiger partial charge is 0.493 e. The highest BCUT2D eigenvalue weighted by atomic mass is 32.1. The summed E-state index contributed by atoms with van der Waals surface area (Å²) in [5.41, 5.74) is 2.61. The van der Waals surface area contributed by atoms with E-state index in [1.165, 1.54) is 17.6 Å². The number of nitrogens with one attached hydrogen (secondary N) is 2. The first-order valence-electron chi connectivity index (χ1n) is 9.58. The summed E-state index contributed by atoms with van der Waals surface area (Å²) in [6.07, 6.45) is 1.43. The average molecular weight is 433 g/mol. The molecule has 0 fully saturated rings. The van der Waals surface area contributed by atoms with Gasteiger partial charge in [-0.05, 0) is 55.5 Å². The van der Waals surface area contributed by atoms with Crippen molar-refractivity contribution in [2.24, 2.45) is 0 Å². The number of furan rings is 1. The average Bonchev–Trinajstić information content (AvgIpc) is 3.47. The minimum absolute atomic E-state index is 0.215. The molecule has 2 aromatic heterocycles.